The van der Waals surface area contributed by atoms with Crippen molar-refractivity contribution in [1.82, 2.24) is 4.90 Å². The van der Waals surface area contributed by atoms with Crippen molar-refractivity contribution < 1.29 is 5.11 Å². The summed E-state index contributed by atoms with van der Waals surface area (Å²) in [5.74, 6) is 0.0591. The fourth-order valence-corrected chi connectivity index (χ4v) is 3.99. The quantitative estimate of drug-likeness (QED) is 0.796. The molecule has 0 spiro atoms. The molecule has 2 atom stereocenters. The summed E-state index contributed by atoms with van der Waals surface area (Å²) in [6, 6.07) is 16.6. The highest BCUT2D eigenvalue weighted by Gasteiger charge is 2.30. The molecule has 0 aromatic heterocycles. The van der Waals surface area contributed by atoms with Crippen molar-refractivity contribution in [2.75, 3.05) is 13.2 Å². The molecule has 0 saturated carbocycles. The van der Waals surface area contributed by atoms with Gasteiger partial charge < -0.3 is 5.11 Å². The molecule has 0 amide bonds. The van der Waals surface area contributed by atoms with Gasteiger partial charge in [0.25, 0.3) is 0 Å². The first-order chi connectivity index (χ1) is 11.7. The molecule has 1 fully saturated rings. The minimum absolute atomic E-state index is 0.0591. The van der Waals surface area contributed by atoms with E-state index in [1.165, 1.54) is 18.4 Å². The van der Waals surface area contributed by atoms with Crippen LogP contribution in [0.25, 0.3) is 0 Å². The van der Waals surface area contributed by atoms with Gasteiger partial charge in [-0.1, -0.05) is 66.0 Å². The zero-order chi connectivity index (χ0) is 16.9. The Morgan fingerprint density at radius 1 is 1.04 bits per heavy atom. The minimum atomic E-state index is 0.0591. The number of halogens is 2. The lowest BCUT2D eigenvalue weighted by atomic mass is 9.85. The monoisotopic (exact) mass is 363 g/mol. The number of piperidine rings is 1. The van der Waals surface area contributed by atoms with Crippen molar-refractivity contribution in [1.29, 1.82) is 0 Å². The van der Waals surface area contributed by atoms with E-state index in [4.69, 9.17) is 23.2 Å². The SMILES string of the molecule is OCC(c1ccc(Cl)c(Cl)c1)[C@@H]1CCCCN1Cc1ccccc1. The third kappa shape index (κ3) is 4.12. The Bertz CT molecular complexity index is 662. The van der Waals surface area contributed by atoms with Crippen LogP contribution in [0.4, 0.5) is 0 Å². The Morgan fingerprint density at radius 2 is 1.83 bits per heavy atom. The molecule has 0 radical (unpaired) electrons. The summed E-state index contributed by atoms with van der Waals surface area (Å²) < 4.78 is 0. The van der Waals surface area contributed by atoms with E-state index in [2.05, 4.69) is 29.2 Å². The van der Waals surface area contributed by atoms with Gasteiger partial charge in [0.2, 0.25) is 0 Å². The molecule has 1 aliphatic rings. The highest BCUT2D eigenvalue weighted by molar-refractivity contribution is 6.42. The number of rotatable bonds is 5. The van der Waals surface area contributed by atoms with Crippen molar-refractivity contribution >= 4 is 23.2 Å². The number of nitrogens with zero attached hydrogens (tertiary/aromatic N) is 1. The molecule has 2 nitrogen and oxygen atoms in total. The zero-order valence-electron chi connectivity index (χ0n) is 13.7. The summed E-state index contributed by atoms with van der Waals surface area (Å²) in [6.07, 6.45) is 3.51. The van der Waals surface area contributed by atoms with Gasteiger partial charge in [-0.3, -0.25) is 4.90 Å². The standard InChI is InChI=1S/C20H23Cl2NO/c21-18-10-9-16(12-19(18)22)17(14-24)20-8-4-5-11-23(20)13-15-6-2-1-3-7-15/h1-3,6-7,9-10,12,17,20,24H,4-5,8,11,13-14H2/t17?,20-/m0/s1. The van der Waals surface area contributed by atoms with Crippen molar-refractivity contribution in [3.63, 3.8) is 0 Å². The van der Waals surface area contributed by atoms with Crippen LogP contribution in [0.5, 0.6) is 0 Å². The third-order valence-corrected chi connectivity index (χ3v) is 5.66. The summed E-state index contributed by atoms with van der Waals surface area (Å²) in [6.45, 7) is 2.11. The average molecular weight is 364 g/mol. The van der Waals surface area contributed by atoms with Crippen molar-refractivity contribution in [3.8, 4) is 0 Å². The van der Waals surface area contributed by atoms with Gasteiger partial charge in [0.05, 0.1) is 16.7 Å². The predicted octanol–water partition coefficient (Wildman–Crippen LogP) is 5.12. The van der Waals surface area contributed by atoms with Crippen molar-refractivity contribution in [3.05, 3.63) is 69.7 Å². The summed E-state index contributed by atoms with van der Waals surface area (Å²) in [5, 5.41) is 11.2. The molecule has 24 heavy (non-hydrogen) atoms. The van der Waals surface area contributed by atoms with Crippen molar-refractivity contribution in [2.24, 2.45) is 0 Å². The number of likely N-dealkylation sites (tertiary alicyclic amines) is 1. The number of aliphatic hydroxyl groups is 1. The largest absolute Gasteiger partial charge is 0.396 e. The fourth-order valence-electron chi connectivity index (χ4n) is 3.68. The van der Waals surface area contributed by atoms with Gasteiger partial charge in [-0.05, 0) is 42.6 Å². The second kappa shape index (κ2) is 8.35. The van der Waals surface area contributed by atoms with Crippen LogP contribution in [0.2, 0.25) is 10.0 Å². The Labute approximate surface area is 154 Å². The third-order valence-electron chi connectivity index (χ3n) is 4.93. The lowest BCUT2D eigenvalue weighted by Crippen LogP contribution is -2.43. The molecule has 0 bridgehead atoms. The highest BCUT2D eigenvalue weighted by Crippen LogP contribution is 2.34. The maximum atomic E-state index is 10.1. The van der Waals surface area contributed by atoms with Gasteiger partial charge in [-0.2, -0.15) is 0 Å². The summed E-state index contributed by atoms with van der Waals surface area (Å²) in [4.78, 5) is 2.50. The van der Waals surface area contributed by atoms with E-state index in [0.29, 0.717) is 16.1 Å². The Balaban J connectivity index is 1.83. The lowest BCUT2D eigenvalue weighted by Gasteiger charge is -2.40. The molecule has 1 heterocycles. The van der Waals surface area contributed by atoms with Crippen molar-refractivity contribution in [2.45, 2.75) is 37.8 Å². The molecule has 2 aromatic rings. The molecule has 1 saturated heterocycles. The molecule has 1 N–H and O–H groups in total. The Hall–Kier alpha value is -1.06. The van der Waals surface area contributed by atoms with Crippen LogP contribution in [-0.2, 0) is 6.54 Å². The van der Waals surface area contributed by atoms with Crippen LogP contribution in [-0.4, -0.2) is 29.2 Å². The molecule has 3 rings (SSSR count). The van der Waals surface area contributed by atoms with Crippen LogP contribution in [0.3, 0.4) is 0 Å². The van der Waals surface area contributed by atoms with E-state index in [9.17, 15) is 5.11 Å². The first kappa shape index (κ1) is 17.8. The molecular formula is C20H23Cl2NO. The molecule has 0 aliphatic carbocycles. The number of benzene rings is 2. The van der Waals surface area contributed by atoms with E-state index in [0.717, 1.165) is 25.1 Å². The molecular weight excluding hydrogens is 341 g/mol. The van der Waals surface area contributed by atoms with E-state index < -0.39 is 0 Å². The van der Waals surface area contributed by atoms with Gasteiger partial charge in [0.15, 0.2) is 0 Å². The topological polar surface area (TPSA) is 23.5 Å². The van der Waals surface area contributed by atoms with Gasteiger partial charge in [-0.15, -0.1) is 0 Å². The van der Waals surface area contributed by atoms with Crippen LogP contribution in [0.1, 0.15) is 36.3 Å². The molecule has 1 aliphatic heterocycles. The van der Waals surface area contributed by atoms with Crippen LogP contribution < -0.4 is 0 Å². The number of hydrogen-bond donors (Lipinski definition) is 1. The van der Waals surface area contributed by atoms with Crippen LogP contribution in [0.15, 0.2) is 48.5 Å². The predicted molar refractivity (Wildman–Crippen MR) is 101 cm³/mol. The second-order valence-corrected chi connectivity index (χ2v) is 7.30. The Morgan fingerprint density at radius 3 is 2.54 bits per heavy atom. The Kier molecular flexibility index (Phi) is 6.18. The number of hydrogen-bond acceptors (Lipinski definition) is 2. The first-order valence-electron chi connectivity index (χ1n) is 8.53. The van der Waals surface area contributed by atoms with Crippen LogP contribution in [0, 0.1) is 0 Å². The highest BCUT2D eigenvalue weighted by atomic mass is 35.5. The fraction of sp³-hybridized carbons (Fsp3) is 0.400. The van der Waals surface area contributed by atoms with Crippen LogP contribution >= 0.6 is 23.2 Å². The van der Waals surface area contributed by atoms with Gasteiger partial charge >= 0.3 is 0 Å². The minimum Gasteiger partial charge on any atom is -0.396 e. The smallest absolute Gasteiger partial charge is 0.0595 e. The number of aliphatic hydroxyl groups excluding tert-OH is 1. The summed E-state index contributed by atoms with van der Waals surface area (Å²) in [7, 11) is 0. The van der Waals surface area contributed by atoms with Gasteiger partial charge in [0, 0.05) is 18.5 Å². The molecule has 4 heteroatoms. The van der Waals surface area contributed by atoms with Gasteiger partial charge in [0.1, 0.15) is 0 Å². The summed E-state index contributed by atoms with van der Waals surface area (Å²) in [5.41, 5.74) is 2.38. The van der Waals surface area contributed by atoms with E-state index in [-0.39, 0.29) is 12.5 Å². The van der Waals surface area contributed by atoms with E-state index >= 15 is 0 Å². The van der Waals surface area contributed by atoms with E-state index in [1.807, 2.05) is 24.3 Å². The first-order valence-corrected chi connectivity index (χ1v) is 9.28. The van der Waals surface area contributed by atoms with Gasteiger partial charge in [-0.25, -0.2) is 0 Å². The lowest BCUT2D eigenvalue weighted by molar-refractivity contribution is 0.0923. The van der Waals surface area contributed by atoms with E-state index in [1.54, 1.807) is 0 Å². The average Bonchev–Trinajstić information content (AvgIpc) is 2.61. The maximum Gasteiger partial charge on any atom is 0.0595 e. The second-order valence-electron chi connectivity index (χ2n) is 6.48. The molecule has 128 valence electrons. The summed E-state index contributed by atoms with van der Waals surface area (Å²) >= 11 is 12.2. The normalized spacial score (nSPS) is 20.0. The molecule has 2 aromatic carbocycles. The maximum absolute atomic E-state index is 10.1. The molecule has 1 unspecified atom stereocenters. The zero-order valence-corrected chi connectivity index (χ0v) is 15.2.